The molecule has 0 saturated carbocycles. The van der Waals surface area contributed by atoms with E-state index in [0.29, 0.717) is 5.06 Å². The number of nitrogens with two attached hydrogens (primary N) is 1. The molecule has 0 spiro atoms. The van der Waals surface area contributed by atoms with Crippen molar-refractivity contribution in [3.8, 4) is 0 Å². The number of hydroxylamine groups is 2. The molecule has 1 aliphatic heterocycles. The van der Waals surface area contributed by atoms with E-state index >= 15 is 0 Å². The minimum absolute atomic E-state index is 0.367. The highest BCUT2D eigenvalue weighted by atomic mass is 16.7. The highest BCUT2D eigenvalue weighted by Gasteiger charge is 2.28. The first-order chi connectivity index (χ1) is 6.02. The number of carbonyl (C=O) groups is 3. The van der Waals surface area contributed by atoms with Crippen molar-refractivity contribution in [2.75, 3.05) is 0 Å². The lowest BCUT2D eigenvalue weighted by Gasteiger charge is -2.13. The molecule has 0 saturated heterocycles. The third kappa shape index (κ3) is 1.91. The Hall–Kier alpha value is -1.69. The van der Waals surface area contributed by atoms with Crippen LogP contribution in [0.2, 0.25) is 0 Å². The fourth-order valence-electron chi connectivity index (χ4n) is 0.650. The monoisotopic (exact) mass is 184 g/mol. The summed E-state index contributed by atoms with van der Waals surface area (Å²) in [5, 5.41) is 0.367. The Labute approximate surface area is 73.9 Å². The molecule has 0 aromatic rings. The summed E-state index contributed by atoms with van der Waals surface area (Å²) in [5.74, 6) is -2.19. The molecule has 6 heteroatoms. The molecule has 1 atom stereocenters. The summed E-state index contributed by atoms with van der Waals surface area (Å²) in [5.41, 5.74) is 5.16. The first kappa shape index (κ1) is 9.40. The topological polar surface area (TPSA) is 89.7 Å². The van der Waals surface area contributed by atoms with Gasteiger partial charge in [-0.1, -0.05) is 5.06 Å². The molecule has 0 aromatic carbocycles. The maximum Gasteiger partial charge on any atom is 0.349 e. The van der Waals surface area contributed by atoms with Crippen molar-refractivity contribution in [3.63, 3.8) is 0 Å². The minimum atomic E-state index is -0.874. The molecule has 0 aliphatic carbocycles. The third-order valence-electron chi connectivity index (χ3n) is 1.32. The largest absolute Gasteiger partial charge is 0.349 e. The summed E-state index contributed by atoms with van der Waals surface area (Å²) < 4.78 is 0. The molecule has 0 unspecified atom stereocenters. The summed E-state index contributed by atoms with van der Waals surface area (Å²) in [6.07, 6.45) is 2.02. The van der Waals surface area contributed by atoms with E-state index in [1.54, 1.807) is 0 Å². The molecule has 0 bridgehead atoms. The molecule has 70 valence electrons. The average molecular weight is 184 g/mol. The van der Waals surface area contributed by atoms with Crippen molar-refractivity contribution in [2.45, 2.75) is 13.0 Å². The summed E-state index contributed by atoms with van der Waals surface area (Å²) >= 11 is 0. The number of hydrogen-bond acceptors (Lipinski definition) is 5. The van der Waals surface area contributed by atoms with Gasteiger partial charge in [0.1, 0.15) is 6.04 Å². The minimum Gasteiger partial charge on any atom is -0.328 e. The van der Waals surface area contributed by atoms with Crippen LogP contribution in [0, 0.1) is 0 Å². The zero-order valence-corrected chi connectivity index (χ0v) is 6.89. The Balaban J connectivity index is 2.60. The zero-order valence-electron chi connectivity index (χ0n) is 6.89. The van der Waals surface area contributed by atoms with Crippen LogP contribution in [-0.2, 0) is 19.2 Å². The molecule has 13 heavy (non-hydrogen) atoms. The van der Waals surface area contributed by atoms with E-state index in [0.717, 1.165) is 12.2 Å². The van der Waals surface area contributed by atoms with Gasteiger partial charge in [-0.05, 0) is 6.92 Å². The molecule has 1 heterocycles. The first-order valence-corrected chi connectivity index (χ1v) is 3.56. The van der Waals surface area contributed by atoms with Crippen molar-refractivity contribution in [3.05, 3.63) is 12.2 Å². The van der Waals surface area contributed by atoms with Crippen LogP contribution in [0.15, 0.2) is 12.2 Å². The van der Waals surface area contributed by atoms with Gasteiger partial charge in [0.15, 0.2) is 0 Å². The molecule has 0 radical (unpaired) electrons. The van der Waals surface area contributed by atoms with Gasteiger partial charge in [-0.25, -0.2) is 4.79 Å². The Morgan fingerprint density at radius 3 is 2.31 bits per heavy atom. The molecule has 1 rings (SSSR count). The van der Waals surface area contributed by atoms with E-state index in [1.165, 1.54) is 6.92 Å². The van der Waals surface area contributed by atoms with Crippen LogP contribution in [-0.4, -0.2) is 28.9 Å². The van der Waals surface area contributed by atoms with Crippen LogP contribution in [0.3, 0.4) is 0 Å². The van der Waals surface area contributed by atoms with E-state index in [4.69, 9.17) is 5.73 Å². The normalized spacial score (nSPS) is 17.8. The summed E-state index contributed by atoms with van der Waals surface area (Å²) in [6, 6.07) is -0.874. The standard InChI is InChI=1S/C7H8N2O4/c1-4(8)7(12)13-9-5(10)2-3-6(9)11/h2-4H,8H2,1H3/t4-/m0/s1. The highest BCUT2D eigenvalue weighted by molar-refractivity contribution is 6.12. The fraction of sp³-hybridized carbons (Fsp3) is 0.286. The van der Waals surface area contributed by atoms with E-state index < -0.39 is 23.8 Å². The van der Waals surface area contributed by atoms with Crippen molar-refractivity contribution in [1.82, 2.24) is 5.06 Å². The summed E-state index contributed by atoms with van der Waals surface area (Å²) in [4.78, 5) is 37.0. The van der Waals surface area contributed by atoms with E-state index in [9.17, 15) is 14.4 Å². The molecular weight excluding hydrogens is 176 g/mol. The molecule has 1 aliphatic rings. The molecular formula is C7H8N2O4. The summed E-state index contributed by atoms with van der Waals surface area (Å²) in [6.45, 7) is 1.39. The lowest BCUT2D eigenvalue weighted by Crippen LogP contribution is -2.39. The predicted octanol–water partition coefficient (Wildman–Crippen LogP) is -1.28. The number of nitrogens with zero attached hydrogens (tertiary/aromatic N) is 1. The van der Waals surface area contributed by atoms with Gasteiger partial charge in [0.25, 0.3) is 11.8 Å². The Kier molecular flexibility index (Phi) is 2.43. The van der Waals surface area contributed by atoms with Gasteiger partial charge in [0.05, 0.1) is 0 Å². The quantitative estimate of drug-likeness (QED) is 0.539. The summed E-state index contributed by atoms with van der Waals surface area (Å²) in [7, 11) is 0. The fourth-order valence-corrected chi connectivity index (χ4v) is 0.650. The second-order valence-electron chi connectivity index (χ2n) is 2.50. The van der Waals surface area contributed by atoms with Gasteiger partial charge in [0.2, 0.25) is 0 Å². The molecule has 2 N–H and O–H groups in total. The Bertz CT molecular complexity index is 277. The van der Waals surface area contributed by atoms with Crippen LogP contribution in [0.25, 0.3) is 0 Å². The van der Waals surface area contributed by atoms with Crippen LogP contribution < -0.4 is 5.73 Å². The van der Waals surface area contributed by atoms with Crippen molar-refractivity contribution in [1.29, 1.82) is 0 Å². The maximum absolute atomic E-state index is 10.9. The van der Waals surface area contributed by atoms with Crippen molar-refractivity contribution in [2.24, 2.45) is 5.73 Å². The number of amides is 2. The van der Waals surface area contributed by atoms with Crippen LogP contribution in [0.5, 0.6) is 0 Å². The van der Waals surface area contributed by atoms with Gasteiger partial charge in [-0.2, -0.15) is 0 Å². The van der Waals surface area contributed by atoms with E-state index in [-0.39, 0.29) is 0 Å². The molecule has 2 amide bonds. The number of imide groups is 1. The van der Waals surface area contributed by atoms with Gasteiger partial charge in [-0.3, -0.25) is 9.59 Å². The zero-order chi connectivity index (χ0) is 10.0. The first-order valence-electron chi connectivity index (χ1n) is 3.56. The smallest absolute Gasteiger partial charge is 0.328 e. The second kappa shape index (κ2) is 3.36. The maximum atomic E-state index is 10.9. The number of rotatable bonds is 2. The molecule has 0 fully saturated rings. The van der Waals surface area contributed by atoms with Crippen molar-refractivity contribution < 1.29 is 19.2 Å². The van der Waals surface area contributed by atoms with Gasteiger partial charge in [-0.15, -0.1) is 0 Å². The molecule has 0 aromatic heterocycles. The Morgan fingerprint density at radius 1 is 1.46 bits per heavy atom. The SMILES string of the molecule is C[C@H](N)C(=O)ON1C(=O)C=CC1=O. The van der Waals surface area contributed by atoms with Crippen LogP contribution in [0.4, 0.5) is 0 Å². The van der Waals surface area contributed by atoms with E-state index in [1.807, 2.05) is 0 Å². The van der Waals surface area contributed by atoms with Gasteiger partial charge < -0.3 is 10.6 Å². The number of hydrogen-bond donors (Lipinski definition) is 1. The van der Waals surface area contributed by atoms with Crippen LogP contribution >= 0.6 is 0 Å². The third-order valence-corrected chi connectivity index (χ3v) is 1.32. The lowest BCUT2D eigenvalue weighted by molar-refractivity contribution is -0.196. The van der Waals surface area contributed by atoms with Gasteiger partial charge >= 0.3 is 5.97 Å². The molecule has 6 nitrogen and oxygen atoms in total. The highest BCUT2D eigenvalue weighted by Crippen LogP contribution is 2.04. The van der Waals surface area contributed by atoms with Crippen molar-refractivity contribution >= 4 is 17.8 Å². The van der Waals surface area contributed by atoms with Crippen LogP contribution in [0.1, 0.15) is 6.92 Å². The lowest BCUT2D eigenvalue weighted by atomic mass is 10.4. The second-order valence-corrected chi connectivity index (χ2v) is 2.50. The van der Waals surface area contributed by atoms with E-state index in [2.05, 4.69) is 4.84 Å². The number of carbonyl (C=O) groups excluding carboxylic acids is 3. The average Bonchev–Trinajstić information content (AvgIpc) is 2.35. The predicted molar refractivity (Wildman–Crippen MR) is 40.7 cm³/mol. The Morgan fingerprint density at radius 2 is 1.92 bits per heavy atom. The van der Waals surface area contributed by atoms with Gasteiger partial charge in [0, 0.05) is 12.2 Å².